The van der Waals surface area contributed by atoms with Gasteiger partial charge in [0.15, 0.2) is 0 Å². The second kappa shape index (κ2) is 4.78. The highest BCUT2D eigenvalue weighted by molar-refractivity contribution is 5.81. The van der Waals surface area contributed by atoms with Crippen molar-refractivity contribution >= 4 is 10.9 Å². The van der Waals surface area contributed by atoms with Gasteiger partial charge in [0, 0.05) is 28.7 Å². The topological polar surface area (TPSA) is 28.7 Å². The van der Waals surface area contributed by atoms with Crippen LogP contribution < -0.4 is 0 Å². The van der Waals surface area contributed by atoms with Gasteiger partial charge in [0.1, 0.15) is 11.6 Å². The number of hydrogen-bond acceptors (Lipinski definition) is 1. The van der Waals surface area contributed by atoms with Crippen molar-refractivity contribution in [2.45, 2.75) is 6.54 Å². The number of nitrogens with zero attached hydrogens (tertiary/aromatic N) is 2. The molecule has 1 heterocycles. The highest BCUT2D eigenvalue weighted by Gasteiger charge is 2.07. The van der Waals surface area contributed by atoms with Crippen LogP contribution in [0, 0.1) is 23.0 Å². The van der Waals surface area contributed by atoms with Gasteiger partial charge in [0.25, 0.3) is 0 Å². The Hall–Kier alpha value is -2.67. The van der Waals surface area contributed by atoms with E-state index < -0.39 is 11.6 Å². The van der Waals surface area contributed by atoms with Crippen molar-refractivity contribution in [3.8, 4) is 6.07 Å². The number of fused-ring (bicyclic) bond motifs is 1. The van der Waals surface area contributed by atoms with E-state index >= 15 is 0 Å². The first-order valence-electron chi connectivity index (χ1n) is 6.10. The zero-order valence-corrected chi connectivity index (χ0v) is 10.5. The third-order valence-electron chi connectivity index (χ3n) is 3.26. The fourth-order valence-electron chi connectivity index (χ4n) is 2.24. The second-order valence-electron chi connectivity index (χ2n) is 4.56. The molecule has 3 rings (SSSR count). The van der Waals surface area contributed by atoms with E-state index in [2.05, 4.69) is 6.07 Å². The molecule has 0 aliphatic heterocycles. The number of rotatable bonds is 2. The van der Waals surface area contributed by atoms with Crippen molar-refractivity contribution < 1.29 is 8.78 Å². The van der Waals surface area contributed by atoms with Crippen LogP contribution >= 0.6 is 0 Å². The summed E-state index contributed by atoms with van der Waals surface area (Å²) in [6.07, 6.45) is 1.83. The molecule has 0 unspecified atom stereocenters. The number of halogens is 2. The predicted octanol–water partition coefficient (Wildman–Crippen LogP) is 3.84. The van der Waals surface area contributed by atoms with E-state index in [0.29, 0.717) is 17.7 Å². The average molecular weight is 268 g/mol. The van der Waals surface area contributed by atoms with E-state index in [1.807, 2.05) is 22.9 Å². The van der Waals surface area contributed by atoms with Gasteiger partial charge in [0.2, 0.25) is 0 Å². The van der Waals surface area contributed by atoms with Gasteiger partial charge in [0.05, 0.1) is 18.2 Å². The maximum atomic E-state index is 13.7. The molecule has 2 nitrogen and oxygen atoms in total. The fraction of sp³-hybridized carbons (Fsp3) is 0.0625. The smallest absolute Gasteiger partial charge is 0.131 e. The first-order chi connectivity index (χ1) is 9.67. The molecule has 0 N–H and O–H groups in total. The Bertz CT molecular complexity index is 828. The lowest BCUT2D eigenvalue weighted by molar-refractivity contribution is 0.567. The molecule has 0 bridgehead atoms. The number of hydrogen-bond donors (Lipinski definition) is 0. The third-order valence-corrected chi connectivity index (χ3v) is 3.26. The first kappa shape index (κ1) is 12.4. The van der Waals surface area contributed by atoms with Gasteiger partial charge in [-0.25, -0.2) is 8.78 Å². The highest BCUT2D eigenvalue weighted by Crippen LogP contribution is 2.20. The maximum Gasteiger partial charge on any atom is 0.131 e. The standard InChI is InChI=1S/C16H10F2N2/c17-14-3-2-13(15(18)8-14)10-20-6-5-12-7-11(9-19)1-4-16(12)20/h1-8H,10H2. The minimum Gasteiger partial charge on any atom is -0.343 e. The van der Waals surface area contributed by atoms with Gasteiger partial charge in [-0.15, -0.1) is 0 Å². The molecule has 0 saturated heterocycles. The van der Waals surface area contributed by atoms with E-state index in [0.717, 1.165) is 17.0 Å². The highest BCUT2D eigenvalue weighted by atomic mass is 19.1. The molecule has 2 aromatic carbocycles. The van der Waals surface area contributed by atoms with Crippen molar-refractivity contribution in [3.05, 3.63) is 71.4 Å². The molecule has 3 aromatic rings. The molecular formula is C16H10F2N2. The van der Waals surface area contributed by atoms with E-state index in [1.165, 1.54) is 12.1 Å². The molecular weight excluding hydrogens is 258 g/mol. The summed E-state index contributed by atoms with van der Waals surface area (Å²) in [4.78, 5) is 0. The van der Waals surface area contributed by atoms with E-state index in [4.69, 9.17) is 5.26 Å². The summed E-state index contributed by atoms with van der Waals surface area (Å²) in [7, 11) is 0. The second-order valence-corrected chi connectivity index (χ2v) is 4.56. The largest absolute Gasteiger partial charge is 0.343 e. The van der Waals surface area contributed by atoms with Crippen LogP contribution in [0.3, 0.4) is 0 Å². The Morgan fingerprint density at radius 2 is 1.90 bits per heavy atom. The zero-order valence-electron chi connectivity index (χ0n) is 10.5. The Labute approximate surface area is 114 Å². The minimum absolute atomic E-state index is 0.321. The van der Waals surface area contributed by atoms with Crippen molar-refractivity contribution in [3.63, 3.8) is 0 Å². The van der Waals surface area contributed by atoms with Crippen LogP contribution in [-0.4, -0.2) is 4.57 Å². The predicted molar refractivity (Wildman–Crippen MR) is 72.1 cm³/mol. The number of aromatic nitrogens is 1. The van der Waals surface area contributed by atoms with E-state index in [1.54, 1.807) is 12.1 Å². The molecule has 1 aromatic heterocycles. The Kier molecular flexibility index (Phi) is 2.96. The molecule has 0 aliphatic rings. The number of nitriles is 1. The summed E-state index contributed by atoms with van der Waals surface area (Å²) < 4.78 is 28.4. The van der Waals surface area contributed by atoms with Crippen LogP contribution in [0.5, 0.6) is 0 Å². The molecule has 0 atom stereocenters. The maximum absolute atomic E-state index is 13.7. The van der Waals surface area contributed by atoms with Crippen molar-refractivity contribution in [1.29, 1.82) is 5.26 Å². The summed E-state index contributed by atoms with van der Waals surface area (Å²) in [5, 5.41) is 9.78. The quantitative estimate of drug-likeness (QED) is 0.694. The van der Waals surface area contributed by atoms with Crippen LogP contribution in [0.4, 0.5) is 8.78 Å². The van der Waals surface area contributed by atoms with Gasteiger partial charge < -0.3 is 4.57 Å². The lowest BCUT2D eigenvalue weighted by Gasteiger charge is -2.07. The Morgan fingerprint density at radius 1 is 1.05 bits per heavy atom. The van der Waals surface area contributed by atoms with Gasteiger partial charge in [-0.1, -0.05) is 6.07 Å². The Balaban J connectivity index is 2.01. The van der Waals surface area contributed by atoms with Crippen LogP contribution in [0.1, 0.15) is 11.1 Å². The lowest BCUT2D eigenvalue weighted by Crippen LogP contribution is -2.01. The van der Waals surface area contributed by atoms with Crippen LogP contribution in [0.15, 0.2) is 48.7 Å². The third kappa shape index (κ3) is 2.14. The zero-order chi connectivity index (χ0) is 14.1. The van der Waals surface area contributed by atoms with Crippen LogP contribution in [-0.2, 0) is 6.54 Å². The molecule has 98 valence electrons. The molecule has 0 radical (unpaired) electrons. The fourth-order valence-corrected chi connectivity index (χ4v) is 2.24. The summed E-state index contributed by atoms with van der Waals surface area (Å²) in [5.74, 6) is -1.14. The average Bonchev–Trinajstić information content (AvgIpc) is 2.84. The van der Waals surface area contributed by atoms with Crippen LogP contribution in [0.25, 0.3) is 10.9 Å². The van der Waals surface area contributed by atoms with Gasteiger partial charge in [-0.2, -0.15) is 5.26 Å². The molecule has 0 fully saturated rings. The summed E-state index contributed by atoms with van der Waals surface area (Å²) in [6.45, 7) is 0.321. The summed E-state index contributed by atoms with van der Waals surface area (Å²) in [6, 6.07) is 12.9. The lowest BCUT2D eigenvalue weighted by atomic mass is 10.1. The normalized spacial score (nSPS) is 10.7. The van der Waals surface area contributed by atoms with Gasteiger partial charge in [-0.3, -0.25) is 0 Å². The molecule has 4 heteroatoms. The van der Waals surface area contributed by atoms with Gasteiger partial charge >= 0.3 is 0 Å². The van der Waals surface area contributed by atoms with Gasteiger partial charge in [-0.05, 0) is 30.3 Å². The van der Waals surface area contributed by atoms with E-state index in [9.17, 15) is 8.78 Å². The molecule has 0 aliphatic carbocycles. The first-order valence-corrected chi connectivity index (χ1v) is 6.10. The van der Waals surface area contributed by atoms with E-state index in [-0.39, 0.29) is 0 Å². The Morgan fingerprint density at radius 3 is 2.65 bits per heavy atom. The minimum atomic E-state index is -0.581. The van der Waals surface area contributed by atoms with Crippen molar-refractivity contribution in [2.24, 2.45) is 0 Å². The molecule has 0 spiro atoms. The molecule has 20 heavy (non-hydrogen) atoms. The molecule has 0 amide bonds. The molecule has 0 saturated carbocycles. The summed E-state index contributed by atoms with van der Waals surface area (Å²) in [5.41, 5.74) is 1.92. The number of benzene rings is 2. The van der Waals surface area contributed by atoms with Crippen molar-refractivity contribution in [2.75, 3.05) is 0 Å². The monoisotopic (exact) mass is 268 g/mol. The SMILES string of the molecule is N#Cc1ccc2c(ccn2Cc2ccc(F)cc2F)c1. The van der Waals surface area contributed by atoms with Crippen molar-refractivity contribution in [1.82, 2.24) is 4.57 Å². The summed E-state index contributed by atoms with van der Waals surface area (Å²) >= 11 is 0. The van der Waals surface area contributed by atoms with Crippen LogP contribution in [0.2, 0.25) is 0 Å².